The number of hydrogen-bond acceptors (Lipinski definition) is 2. The van der Waals surface area contributed by atoms with Crippen LogP contribution in [-0.4, -0.2) is 12.0 Å². The van der Waals surface area contributed by atoms with E-state index in [0.717, 1.165) is 28.1 Å². The summed E-state index contributed by atoms with van der Waals surface area (Å²) < 4.78 is 5.95. The first kappa shape index (κ1) is 17.1. The van der Waals surface area contributed by atoms with E-state index in [1.54, 1.807) is 0 Å². The van der Waals surface area contributed by atoms with E-state index in [2.05, 4.69) is 12.2 Å². The Morgan fingerprint density at radius 3 is 2.43 bits per heavy atom. The SMILES string of the molecule is CCC(Oc1cccc(C)c1C)C(=O)Nc1ccc(C)c(C)c1. The van der Waals surface area contributed by atoms with Gasteiger partial charge in [0.05, 0.1) is 0 Å². The Labute approximate surface area is 138 Å². The minimum absolute atomic E-state index is 0.114. The van der Waals surface area contributed by atoms with Crippen LogP contribution in [0.5, 0.6) is 5.75 Å². The fourth-order valence-electron chi connectivity index (χ4n) is 2.37. The number of anilines is 1. The lowest BCUT2D eigenvalue weighted by Gasteiger charge is -2.19. The molecule has 0 heterocycles. The van der Waals surface area contributed by atoms with Crippen LogP contribution in [0.2, 0.25) is 0 Å². The highest BCUT2D eigenvalue weighted by Gasteiger charge is 2.19. The molecule has 2 aromatic rings. The predicted octanol–water partition coefficient (Wildman–Crippen LogP) is 4.72. The third-order valence-electron chi connectivity index (χ3n) is 4.26. The first-order valence-electron chi connectivity index (χ1n) is 8.03. The first-order valence-corrected chi connectivity index (χ1v) is 8.03. The van der Waals surface area contributed by atoms with Gasteiger partial charge >= 0.3 is 0 Å². The summed E-state index contributed by atoms with van der Waals surface area (Å²) in [5, 5.41) is 2.95. The van der Waals surface area contributed by atoms with Crippen LogP contribution in [0.3, 0.4) is 0 Å². The highest BCUT2D eigenvalue weighted by molar-refractivity contribution is 5.94. The van der Waals surface area contributed by atoms with Crippen molar-refractivity contribution in [3.63, 3.8) is 0 Å². The Morgan fingerprint density at radius 2 is 1.78 bits per heavy atom. The van der Waals surface area contributed by atoms with Crippen LogP contribution < -0.4 is 10.1 Å². The molecule has 0 bridgehead atoms. The lowest BCUT2D eigenvalue weighted by atomic mass is 10.1. The molecule has 0 aromatic heterocycles. The number of aryl methyl sites for hydroxylation is 3. The topological polar surface area (TPSA) is 38.3 Å². The number of nitrogens with one attached hydrogen (secondary N) is 1. The zero-order chi connectivity index (χ0) is 17.0. The minimum atomic E-state index is -0.503. The van der Waals surface area contributed by atoms with Crippen LogP contribution >= 0.6 is 0 Å². The maximum Gasteiger partial charge on any atom is 0.265 e. The van der Waals surface area contributed by atoms with Crippen molar-refractivity contribution in [1.82, 2.24) is 0 Å². The highest BCUT2D eigenvalue weighted by Crippen LogP contribution is 2.23. The zero-order valence-electron chi connectivity index (χ0n) is 14.6. The van der Waals surface area contributed by atoms with Crippen molar-refractivity contribution in [2.45, 2.75) is 47.1 Å². The Bertz CT molecular complexity index is 707. The van der Waals surface area contributed by atoms with Gasteiger partial charge in [-0.15, -0.1) is 0 Å². The molecular weight excluding hydrogens is 286 g/mol. The molecule has 2 aromatic carbocycles. The van der Waals surface area contributed by atoms with Gasteiger partial charge in [0.15, 0.2) is 6.10 Å². The van der Waals surface area contributed by atoms with E-state index in [0.29, 0.717) is 6.42 Å². The molecule has 0 aliphatic rings. The van der Waals surface area contributed by atoms with Gasteiger partial charge in [-0.1, -0.05) is 25.1 Å². The quantitative estimate of drug-likeness (QED) is 0.868. The van der Waals surface area contributed by atoms with Crippen molar-refractivity contribution in [3.05, 3.63) is 58.7 Å². The molecule has 0 fully saturated rings. The second-order valence-electron chi connectivity index (χ2n) is 6.00. The van der Waals surface area contributed by atoms with Crippen LogP contribution in [0, 0.1) is 27.7 Å². The monoisotopic (exact) mass is 311 g/mol. The van der Waals surface area contributed by atoms with Crippen molar-refractivity contribution in [3.8, 4) is 5.75 Å². The number of carbonyl (C=O) groups excluding carboxylic acids is 1. The van der Waals surface area contributed by atoms with Crippen LogP contribution in [0.15, 0.2) is 36.4 Å². The van der Waals surface area contributed by atoms with Crippen molar-refractivity contribution < 1.29 is 9.53 Å². The molecular formula is C20H25NO2. The number of carbonyl (C=O) groups is 1. The third kappa shape index (κ3) is 4.13. The van der Waals surface area contributed by atoms with E-state index in [1.165, 1.54) is 5.56 Å². The number of hydrogen-bond donors (Lipinski definition) is 1. The Morgan fingerprint density at radius 1 is 1.04 bits per heavy atom. The first-order chi connectivity index (χ1) is 10.9. The molecule has 1 atom stereocenters. The molecule has 1 amide bonds. The van der Waals surface area contributed by atoms with Crippen LogP contribution in [-0.2, 0) is 4.79 Å². The standard InChI is InChI=1S/C20H25NO2/c1-6-18(23-19-9-7-8-14(3)16(19)5)20(22)21-17-11-10-13(2)15(4)12-17/h7-12,18H,6H2,1-5H3,(H,21,22). The lowest BCUT2D eigenvalue weighted by molar-refractivity contribution is -0.122. The fourth-order valence-corrected chi connectivity index (χ4v) is 2.37. The summed E-state index contributed by atoms with van der Waals surface area (Å²) in [6.45, 7) is 10.1. The maximum atomic E-state index is 12.5. The summed E-state index contributed by atoms with van der Waals surface area (Å²) in [5.41, 5.74) is 5.41. The minimum Gasteiger partial charge on any atom is -0.480 e. The van der Waals surface area contributed by atoms with Crippen LogP contribution in [0.25, 0.3) is 0 Å². The summed E-state index contributed by atoms with van der Waals surface area (Å²) >= 11 is 0. The Kier molecular flexibility index (Phi) is 5.43. The van der Waals surface area contributed by atoms with E-state index in [-0.39, 0.29) is 5.91 Å². The molecule has 0 spiro atoms. The molecule has 0 saturated heterocycles. The van der Waals surface area contributed by atoms with Gasteiger partial charge in [-0.25, -0.2) is 0 Å². The molecule has 23 heavy (non-hydrogen) atoms. The normalized spacial score (nSPS) is 11.9. The largest absolute Gasteiger partial charge is 0.480 e. The second-order valence-corrected chi connectivity index (χ2v) is 6.00. The predicted molar refractivity (Wildman–Crippen MR) is 95.2 cm³/mol. The van der Waals surface area contributed by atoms with Crippen molar-refractivity contribution >= 4 is 11.6 Å². The third-order valence-corrected chi connectivity index (χ3v) is 4.26. The number of amides is 1. The molecule has 0 aliphatic heterocycles. The van der Waals surface area contributed by atoms with Gasteiger partial charge in [-0.2, -0.15) is 0 Å². The molecule has 1 N–H and O–H groups in total. The molecule has 3 nitrogen and oxygen atoms in total. The lowest BCUT2D eigenvalue weighted by Crippen LogP contribution is -2.32. The molecule has 0 radical (unpaired) electrons. The number of rotatable bonds is 5. The van der Waals surface area contributed by atoms with Gasteiger partial charge in [0.25, 0.3) is 5.91 Å². The summed E-state index contributed by atoms with van der Waals surface area (Å²) in [6, 6.07) is 11.8. The van der Waals surface area contributed by atoms with Crippen molar-refractivity contribution in [2.75, 3.05) is 5.32 Å². The summed E-state index contributed by atoms with van der Waals surface area (Å²) in [6.07, 6.45) is 0.112. The van der Waals surface area contributed by atoms with Gasteiger partial charge in [0.1, 0.15) is 5.75 Å². The molecule has 0 saturated carbocycles. The average Bonchev–Trinajstić information content (AvgIpc) is 2.52. The number of ether oxygens (including phenoxy) is 1. The maximum absolute atomic E-state index is 12.5. The van der Waals surface area contributed by atoms with Gasteiger partial charge in [0, 0.05) is 5.69 Å². The molecule has 0 aliphatic carbocycles. The van der Waals surface area contributed by atoms with E-state index in [1.807, 2.05) is 64.1 Å². The van der Waals surface area contributed by atoms with E-state index in [9.17, 15) is 4.79 Å². The van der Waals surface area contributed by atoms with Crippen molar-refractivity contribution in [1.29, 1.82) is 0 Å². The van der Waals surface area contributed by atoms with Gasteiger partial charge in [-0.3, -0.25) is 4.79 Å². The van der Waals surface area contributed by atoms with Crippen molar-refractivity contribution in [2.24, 2.45) is 0 Å². The number of benzene rings is 2. The second kappa shape index (κ2) is 7.32. The molecule has 1 unspecified atom stereocenters. The summed E-state index contributed by atoms with van der Waals surface area (Å²) in [7, 11) is 0. The van der Waals surface area contributed by atoms with E-state index >= 15 is 0 Å². The summed E-state index contributed by atoms with van der Waals surface area (Å²) in [4.78, 5) is 12.5. The van der Waals surface area contributed by atoms with Crippen LogP contribution in [0.1, 0.15) is 35.6 Å². The van der Waals surface area contributed by atoms with Gasteiger partial charge in [-0.05, 0) is 74.6 Å². The highest BCUT2D eigenvalue weighted by atomic mass is 16.5. The summed E-state index contributed by atoms with van der Waals surface area (Å²) in [5.74, 6) is 0.656. The van der Waals surface area contributed by atoms with E-state index < -0.39 is 6.10 Å². The average molecular weight is 311 g/mol. The van der Waals surface area contributed by atoms with E-state index in [4.69, 9.17) is 4.74 Å². The smallest absolute Gasteiger partial charge is 0.265 e. The molecule has 2 rings (SSSR count). The Hall–Kier alpha value is -2.29. The zero-order valence-corrected chi connectivity index (χ0v) is 14.6. The van der Waals surface area contributed by atoms with Gasteiger partial charge in [0.2, 0.25) is 0 Å². The Balaban J connectivity index is 2.12. The molecule has 122 valence electrons. The van der Waals surface area contributed by atoms with Gasteiger partial charge < -0.3 is 10.1 Å². The fraction of sp³-hybridized carbons (Fsp3) is 0.350. The van der Waals surface area contributed by atoms with Crippen LogP contribution in [0.4, 0.5) is 5.69 Å². The molecule has 3 heteroatoms.